The summed E-state index contributed by atoms with van der Waals surface area (Å²) in [6.07, 6.45) is 1.67. The van der Waals surface area contributed by atoms with Gasteiger partial charge in [0.05, 0.1) is 0 Å². The molecule has 1 aliphatic heterocycles. The number of hydrogen-bond acceptors (Lipinski definition) is 2. The maximum absolute atomic E-state index is 10.9. The predicted octanol–water partition coefficient (Wildman–Crippen LogP) is -0.146. The summed E-state index contributed by atoms with van der Waals surface area (Å²) in [5, 5.41) is 0. The first-order chi connectivity index (χ1) is 4.63. The zero-order valence-electron chi connectivity index (χ0n) is 5.63. The van der Waals surface area contributed by atoms with Crippen molar-refractivity contribution in [2.75, 3.05) is 6.54 Å². The third kappa shape index (κ3) is 0.877. The lowest BCUT2D eigenvalue weighted by Crippen LogP contribution is -2.37. The molecule has 0 radical (unpaired) electrons. The van der Waals surface area contributed by atoms with Gasteiger partial charge in [-0.15, -0.1) is 0 Å². The minimum absolute atomic E-state index is 0.285. The van der Waals surface area contributed by atoms with Gasteiger partial charge < -0.3 is 5.73 Å². The number of nitrogens with zero attached hydrogens (tertiary/aromatic N) is 1. The number of carbonyl (C=O) groups excluding carboxylic acids is 2. The van der Waals surface area contributed by atoms with Crippen LogP contribution in [0.2, 0.25) is 0 Å². The molecule has 0 fully saturated rings. The van der Waals surface area contributed by atoms with E-state index in [1.807, 2.05) is 0 Å². The fourth-order valence-corrected chi connectivity index (χ4v) is 0.801. The van der Waals surface area contributed by atoms with Crippen LogP contribution < -0.4 is 5.73 Å². The van der Waals surface area contributed by atoms with Crippen molar-refractivity contribution in [2.24, 2.45) is 5.73 Å². The van der Waals surface area contributed by atoms with Crippen LogP contribution in [0.1, 0.15) is 6.92 Å². The highest BCUT2D eigenvalue weighted by Gasteiger charge is 2.23. The van der Waals surface area contributed by atoms with Gasteiger partial charge in [0, 0.05) is 12.1 Å². The topological polar surface area (TPSA) is 63.4 Å². The Balaban J connectivity index is 2.75. The minimum Gasteiger partial charge on any atom is -0.351 e. The SMILES string of the molecule is CC1=CCN(C(N)=O)C1=O. The van der Waals surface area contributed by atoms with Crippen LogP contribution >= 0.6 is 0 Å². The summed E-state index contributed by atoms with van der Waals surface area (Å²) >= 11 is 0. The molecule has 54 valence electrons. The molecule has 0 aliphatic carbocycles. The fourth-order valence-electron chi connectivity index (χ4n) is 0.801. The zero-order chi connectivity index (χ0) is 7.72. The third-order valence-corrected chi connectivity index (χ3v) is 1.43. The van der Waals surface area contributed by atoms with Crippen molar-refractivity contribution in [1.82, 2.24) is 4.90 Å². The molecule has 4 nitrogen and oxygen atoms in total. The number of carbonyl (C=O) groups is 2. The highest BCUT2D eigenvalue weighted by Crippen LogP contribution is 2.08. The van der Waals surface area contributed by atoms with Gasteiger partial charge in [-0.1, -0.05) is 6.08 Å². The Labute approximate surface area is 58.3 Å². The van der Waals surface area contributed by atoms with Crippen molar-refractivity contribution >= 4 is 11.9 Å². The second-order valence-electron chi connectivity index (χ2n) is 2.14. The van der Waals surface area contributed by atoms with Gasteiger partial charge in [0.1, 0.15) is 0 Å². The molecule has 10 heavy (non-hydrogen) atoms. The van der Waals surface area contributed by atoms with E-state index >= 15 is 0 Å². The average Bonchev–Trinajstić information content (AvgIpc) is 2.14. The average molecular weight is 140 g/mol. The van der Waals surface area contributed by atoms with E-state index in [1.165, 1.54) is 0 Å². The highest BCUT2D eigenvalue weighted by atomic mass is 16.2. The Morgan fingerprint density at radius 3 is 2.60 bits per heavy atom. The fraction of sp³-hybridized carbons (Fsp3) is 0.333. The number of hydrogen-bond donors (Lipinski definition) is 1. The summed E-state index contributed by atoms with van der Waals surface area (Å²) in [6.45, 7) is 1.98. The summed E-state index contributed by atoms with van der Waals surface area (Å²) in [5.74, 6) is -0.285. The number of amides is 3. The molecule has 2 N–H and O–H groups in total. The van der Waals surface area contributed by atoms with Gasteiger partial charge in [0.15, 0.2) is 0 Å². The summed E-state index contributed by atoms with van der Waals surface area (Å²) in [4.78, 5) is 22.4. The third-order valence-electron chi connectivity index (χ3n) is 1.43. The number of nitrogens with two attached hydrogens (primary N) is 1. The van der Waals surface area contributed by atoms with Crippen LogP contribution in [0.3, 0.4) is 0 Å². The molecule has 1 heterocycles. The summed E-state index contributed by atoms with van der Waals surface area (Å²) in [6, 6.07) is -0.682. The Morgan fingerprint density at radius 1 is 1.80 bits per heavy atom. The van der Waals surface area contributed by atoms with Crippen LogP contribution in [0.4, 0.5) is 4.79 Å². The van der Waals surface area contributed by atoms with E-state index in [1.54, 1.807) is 13.0 Å². The van der Waals surface area contributed by atoms with E-state index in [2.05, 4.69) is 0 Å². The molecule has 0 aromatic rings. The molecular formula is C6H8N2O2. The van der Waals surface area contributed by atoms with Gasteiger partial charge in [-0.3, -0.25) is 9.69 Å². The van der Waals surface area contributed by atoms with Gasteiger partial charge in [-0.2, -0.15) is 0 Å². The van der Waals surface area contributed by atoms with Crippen molar-refractivity contribution in [1.29, 1.82) is 0 Å². The second kappa shape index (κ2) is 2.13. The van der Waals surface area contributed by atoms with Crippen LogP contribution in [-0.4, -0.2) is 23.4 Å². The van der Waals surface area contributed by atoms with Crippen molar-refractivity contribution < 1.29 is 9.59 Å². The van der Waals surface area contributed by atoms with Crippen LogP contribution in [0, 0.1) is 0 Å². The molecular weight excluding hydrogens is 132 g/mol. The molecule has 3 amide bonds. The molecule has 0 saturated carbocycles. The first-order valence-corrected chi connectivity index (χ1v) is 2.91. The molecule has 1 rings (SSSR count). The van der Waals surface area contributed by atoms with E-state index in [4.69, 9.17) is 5.73 Å². The molecule has 0 aromatic heterocycles. The van der Waals surface area contributed by atoms with E-state index in [0.717, 1.165) is 4.90 Å². The second-order valence-corrected chi connectivity index (χ2v) is 2.14. The van der Waals surface area contributed by atoms with Gasteiger partial charge in [0.25, 0.3) is 5.91 Å². The smallest absolute Gasteiger partial charge is 0.322 e. The van der Waals surface area contributed by atoms with E-state index in [9.17, 15) is 9.59 Å². The van der Waals surface area contributed by atoms with E-state index in [0.29, 0.717) is 12.1 Å². The summed E-state index contributed by atoms with van der Waals surface area (Å²) in [7, 11) is 0. The lowest BCUT2D eigenvalue weighted by molar-refractivity contribution is -0.122. The van der Waals surface area contributed by atoms with E-state index in [-0.39, 0.29) is 5.91 Å². The Kier molecular flexibility index (Phi) is 1.45. The number of primary amides is 1. The van der Waals surface area contributed by atoms with Gasteiger partial charge in [-0.05, 0) is 6.92 Å². The van der Waals surface area contributed by atoms with Crippen molar-refractivity contribution in [3.63, 3.8) is 0 Å². The van der Waals surface area contributed by atoms with Crippen molar-refractivity contribution in [3.8, 4) is 0 Å². The molecule has 4 heteroatoms. The maximum Gasteiger partial charge on any atom is 0.322 e. The quantitative estimate of drug-likeness (QED) is 0.508. The largest absolute Gasteiger partial charge is 0.351 e. The Morgan fingerprint density at radius 2 is 2.40 bits per heavy atom. The Hall–Kier alpha value is -1.32. The lowest BCUT2D eigenvalue weighted by Gasteiger charge is -2.08. The maximum atomic E-state index is 10.9. The molecule has 1 aliphatic rings. The lowest BCUT2D eigenvalue weighted by atomic mass is 10.3. The molecule has 0 unspecified atom stereocenters. The monoisotopic (exact) mass is 140 g/mol. The normalized spacial score (nSPS) is 17.5. The summed E-state index contributed by atoms with van der Waals surface area (Å²) in [5.41, 5.74) is 5.47. The molecule has 0 spiro atoms. The molecule has 0 atom stereocenters. The molecule has 0 aromatic carbocycles. The number of rotatable bonds is 0. The zero-order valence-corrected chi connectivity index (χ0v) is 5.63. The van der Waals surface area contributed by atoms with E-state index < -0.39 is 6.03 Å². The molecule has 0 saturated heterocycles. The number of imide groups is 1. The number of urea groups is 1. The molecule has 0 bridgehead atoms. The standard InChI is InChI=1S/C6H8N2O2/c1-4-2-3-8(5(4)9)6(7)10/h2H,3H2,1H3,(H2,7,10). The van der Waals surface area contributed by atoms with Crippen LogP contribution in [0.5, 0.6) is 0 Å². The van der Waals surface area contributed by atoms with Crippen LogP contribution in [0.25, 0.3) is 0 Å². The van der Waals surface area contributed by atoms with Gasteiger partial charge >= 0.3 is 6.03 Å². The van der Waals surface area contributed by atoms with Crippen molar-refractivity contribution in [2.45, 2.75) is 6.92 Å². The predicted molar refractivity (Wildman–Crippen MR) is 35.1 cm³/mol. The first kappa shape index (κ1) is 6.80. The van der Waals surface area contributed by atoms with Crippen LogP contribution in [-0.2, 0) is 4.79 Å². The summed E-state index contributed by atoms with van der Waals surface area (Å²) < 4.78 is 0. The van der Waals surface area contributed by atoms with Gasteiger partial charge in [-0.25, -0.2) is 4.79 Å². The highest BCUT2D eigenvalue weighted by molar-refractivity contribution is 6.05. The first-order valence-electron chi connectivity index (χ1n) is 2.91. The van der Waals surface area contributed by atoms with Gasteiger partial charge in [0.2, 0.25) is 0 Å². The van der Waals surface area contributed by atoms with Crippen LogP contribution in [0.15, 0.2) is 11.6 Å². The Bertz CT molecular complexity index is 220. The van der Waals surface area contributed by atoms with Crippen molar-refractivity contribution in [3.05, 3.63) is 11.6 Å². The minimum atomic E-state index is -0.682.